The molecular formula is C16H29IN6O. The number of rotatable bonds is 5. The number of aryl methyl sites for hydroxylation is 1. The van der Waals surface area contributed by atoms with Gasteiger partial charge in [-0.05, 0) is 12.8 Å². The van der Waals surface area contributed by atoms with Gasteiger partial charge in [0.15, 0.2) is 5.96 Å². The molecule has 1 amide bonds. The third-order valence-electron chi connectivity index (χ3n) is 4.46. The maximum Gasteiger partial charge on any atom is 0.223 e. The molecule has 1 fully saturated rings. The van der Waals surface area contributed by atoms with E-state index in [1.165, 1.54) is 0 Å². The lowest BCUT2D eigenvalue weighted by Gasteiger charge is -2.25. The Hall–Kier alpha value is -1.32. The van der Waals surface area contributed by atoms with E-state index in [-0.39, 0.29) is 41.8 Å². The number of nitrogens with two attached hydrogens (primary N) is 1. The molecule has 1 saturated heterocycles. The van der Waals surface area contributed by atoms with Crippen molar-refractivity contribution >= 4 is 35.8 Å². The Morgan fingerprint density at radius 3 is 2.71 bits per heavy atom. The molecule has 136 valence electrons. The summed E-state index contributed by atoms with van der Waals surface area (Å²) < 4.78 is 1.84. The summed E-state index contributed by atoms with van der Waals surface area (Å²) in [5, 5.41) is 7.48. The third-order valence-corrected chi connectivity index (χ3v) is 4.46. The maximum atomic E-state index is 12.2. The van der Waals surface area contributed by atoms with E-state index in [0.29, 0.717) is 31.4 Å². The summed E-state index contributed by atoms with van der Waals surface area (Å²) in [5.41, 5.74) is 8.10. The van der Waals surface area contributed by atoms with Crippen LogP contribution in [0.2, 0.25) is 0 Å². The van der Waals surface area contributed by atoms with E-state index in [1.54, 1.807) is 0 Å². The largest absolute Gasteiger partial charge is 0.370 e. The molecule has 0 unspecified atom stereocenters. The van der Waals surface area contributed by atoms with Gasteiger partial charge in [0.05, 0.1) is 12.2 Å². The molecule has 1 aliphatic rings. The molecule has 3 N–H and O–H groups in total. The van der Waals surface area contributed by atoms with Crippen LogP contribution in [0, 0.1) is 18.8 Å². The zero-order valence-electron chi connectivity index (χ0n) is 15.1. The highest BCUT2D eigenvalue weighted by Gasteiger charge is 2.39. The first-order chi connectivity index (χ1) is 10.8. The summed E-state index contributed by atoms with van der Waals surface area (Å²) in [4.78, 5) is 18.3. The monoisotopic (exact) mass is 448 g/mol. The second kappa shape index (κ2) is 8.68. The lowest BCUT2D eigenvalue weighted by molar-refractivity contribution is -0.127. The van der Waals surface area contributed by atoms with Gasteiger partial charge in [-0.15, -0.1) is 24.0 Å². The van der Waals surface area contributed by atoms with Gasteiger partial charge in [-0.2, -0.15) is 5.10 Å². The minimum absolute atomic E-state index is 0. The minimum Gasteiger partial charge on any atom is -0.370 e. The molecule has 0 aromatic carbocycles. The van der Waals surface area contributed by atoms with Gasteiger partial charge in [0.2, 0.25) is 5.91 Å². The van der Waals surface area contributed by atoms with Gasteiger partial charge in [0.1, 0.15) is 0 Å². The van der Waals surface area contributed by atoms with Gasteiger partial charge in [0, 0.05) is 50.8 Å². The fraction of sp³-hybridized carbons (Fsp3) is 0.688. The van der Waals surface area contributed by atoms with E-state index < -0.39 is 0 Å². The molecule has 0 spiro atoms. The van der Waals surface area contributed by atoms with Crippen molar-refractivity contribution in [1.82, 2.24) is 20.0 Å². The molecular weight excluding hydrogens is 419 g/mol. The third kappa shape index (κ3) is 4.61. The van der Waals surface area contributed by atoms with Crippen molar-refractivity contribution in [2.75, 3.05) is 20.1 Å². The zero-order chi connectivity index (χ0) is 17.1. The van der Waals surface area contributed by atoms with Crippen LogP contribution in [0.1, 0.15) is 37.6 Å². The molecule has 1 aromatic rings. The number of hydrogen-bond acceptors (Lipinski definition) is 3. The van der Waals surface area contributed by atoms with Gasteiger partial charge < -0.3 is 16.0 Å². The Morgan fingerprint density at radius 1 is 1.50 bits per heavy atom. The highest BCUT2D eigenvalue weighted by Crippen LogP contribution is 2.37. The Balaban J connectivity index is 0.00000288. The van der Waals surface area contributed by atoms with Gasteiger partial charge in [0.25, 0.3) is 0 Å². The molecule has 1 aromatic heterocycles. The number of nitrogens with zero attached hydrogens (tertiary/aromatic N) is 4. The van der Waals surface area contributed by atoms with Crippen LogP contribution in [0.15, 0.2) is 11.2 Å². The van der Waals surface area contributed by atoms with Crippen molar-refractivity contribution in [3.8, 4) is 0 Å². The van der Waals surface area contributed by atoms with Crippen LogP contribution in [0.4, 0.5) is 0 Å². The van der Waals surface area contributed by atoms with Crippen molar-refractivity contribution in [1.29, 1.82) is 0 Å². The number of halogens is 1. The van der Waals surface area contributed by atoms with Gasteiger partial charge >= 0.3 is 0 Å². The Labute approximate surface area is 161 Å². The molecule has 2 rings (SSSR count). The molecule has 0 aliphatic carbocycles. The summed E-state index contributed by atoms with van der Waals surface area (Å²) in [6.45, 7) is 7.56. The Morgan fingerprint density at radius 2 is 2.17 bits per heavy atom. The van der Waals surface area contributed by atoms with E-state index in [0.717, 1.165) is 11.3 Å². The Bertz CT molecular complexity index is 597. The SMILES string of the molecule is Cc1c([C@H]2[C@H](CNC(N)=NCC(C)C)CC(=O)N2C)cnn1C.I. The first-order valence-corrected chi connectivity index (χ1v) is 8.09. The normalized spacial score (nSPS) is 21.3. The summed E-state index contributed by atoms with van der Waals surface area (Å²) in [5.74, 6) is 1.23. The smallest absolute Gasteiger partial charge is 0.223 e. The number of carbonyl (C=O) groups excluding carboxylic acids is 1. The Kier molecular flexibility index (Phi) is 7.50. The summed E-state index contributed by atoms with van der Waals surface area (Å²) >= 11 is 0. The molecule has 0 bridgehead atoms. The van der Waals surface area contributed by atoms with Crippen LogP contribution in [0.5, 0.6) is 0 Å². The molecule has 2 heterocycles. The maximum absolute atomic E-state index is 12.2. The number of hydrogen-bond donors (Lipinski definition) is 2. The van der Waals surface area contributed by atoms with E-state index in [1.807, 2.05) is 36.8 Å². The molecule has 0 radical (unpaired) electrons. The highest BCUT2D eigenvalue weighted by atomic mass is 127. The van der Waals surface area contributed by atoms with Crippen LogP contribution in [0.3, 0.4) is 0 Å². The van der Waals surface area contributed by atoms with Gasteiger partial charge in [-0.25, -0.2) is 0 Å². The van der Waals surface area contributed by atoms with Crippen LogP contribution in [0.25, 0.3) is 0 Å². The fourth-order valence-corrected chi connectivity index (χ4v) is 2.98. The lowest BCUT2D eigenvalue weighted by atomic mass is 9.94. The second-order valence-electron chi connectivity index (χ2n) is 6.72. The fourth-order valence-electron chi connectivity index (χ4n) is 2.98. The average molecular weight is 448 g/mol. The first kappa shape index (κ1) is 20.7. The van der Waals surface area contributed by atoms with Gasteiger partial charge in [-0.3, -0.25) is 14.5 Å². The number of aliphatic imine (C=N–C) groups is 1. The van der Waals surface area contributed by atoms with Crippen LogP contribution >= 0.6 is 24.0 Å². The van der Waals surface area contributed by atoms with Crippen molar-refractivity contribution in [2.24, 2.45) is 29.6 Å². The topological polar surface area (TPSA) is 88.5 Å². The predicted octanol–water partition coefficient (Wildman–Crippen LogP) is 1.43. The zero-order valence-corrected chi connectivity index (χ0v) is 17.4. The number of nitrogens with one attached hydrogen (secondary N) is 1. The van der Waals surface area contributed by atoms with Crippen LogP contribution in [-0.2, 0) is 11.8 Å². The molecule has 24 heavy (non-hydrogen) atoms. The van der Waals surface area contributed by atoms with E-state index in [9.17, 15) is 4.79 Å². The van der Waals surface area contributed by atoms with Crippen molar-refractivity contribution < 1.29 is 4.79 Å². The van der Waals surface area contributed by atoms with Crippen molar-refractivity contribution in [2.45, 2.75) is 33.2 Å². The van der Waals surface area contributed by atoms with Crippen molar-refractivity contribution in [3.63, 3.8) is 0 Å². The van der Waals surface area contributed by atoms with Gasteiger partial charge in [-0.1, -0.05) is 13.8 Å². The number of guanidine groups is 1. The number of amides is 1. The van der Waals surface area contributed by atoms with E-state index >= 15 is 0 Å². The lowest BCUT2D eigenvalue weighted by Crippen LogP contribution is -2.37. The van der Waals surface area contributed by atoms with Crippen molar-refractivity contribution in [3.05, 3.63) is 17.5 Å². The van der Waals surface area contributed by atoms with E-state index in [2.05, 4.69) is 29.3 Å². The summed E-state index contributed by atoms with van der Waals surface area (Å²) in [7, 11) is 3.77. The molecule has 8 heteroatoms. The van der Waals surface area contributed by atoms with Crippen LogP contribution in [-0.4, -0.2) is 46.7 Å². The summed E-state index contributed by atoms with van der Waals surface area (Å²) in [6.07, 6.45) is 2.37. The number of likely N-dealkylation sites (tertiary alicyclic amines) is 1. The minimum atomic E-state index is 0. The molecule has 0 saturated carbocycles. The average Bonchev–Trinajstić information content (AvgIpc) is 2.96. The summed E-state index contributed by atoms with van der Waals surface area (Å²) in [6, 6.07) is 0.0293. The standard InChI is InChI=1S/C16H28N6O.HI/c1-10(2)7-18-16(17)19-8-12-6-14(23)21(4)15(12)13-9-20-22(5)11(13)3;/h9-10,12,15H,6-8H2,1-5H3,(H3,17,18,19);1H/t12-,15+;/m0./s1. The second-order valence-corrected chi connectivity index (χ2v) is 6.72. The number of aromatic nitrogens is 2. The number of carbonyl (C=O) groups is 1. The van der Waals surface area contributed by atoms with Crippen LogP contribution < -0.4 is 11.1 Å². The highest BCUT2D eigenvalue weighted by molar-refractivity contribution is 14.0. The first-order valence-electron chi connectivity index (χ1n) is 8.09. The van der Waals surface area contributed by atoms with E-state index in [4.69, 9.17) is 5.73 Å². The molecule has 1 aliphatic heterocycles. The molecule has 2 atom stereocenters. The quantitative estimate of drug-likeness (QED) is 0.405. The molecule has 7 nitrogen and oxygen atoms in total. The predicted molar refractivity (Wildman–Crippen MR) is 106 cm³/mol.